The van der Waals surface area contributed by atoms with Crippen LogP contribution in [0.4, 0.5) is 4.79 Å². The van der Waals surface area contributed by atoms with E-state index >= 15 is 0 Å². The molecule has 258 valence electrons. The van der Waals surface area contributed by atoms with Crippen LogP contribution in [0.1, 0.15) is 108 Å². The second-order valence-corrected chi connectivity index (χ2v) is 13.1. The Morgan fingerprint density at radius 1 is 0.745 bits per heavy atom. The van der Waals surface area contributed by atoms with Gasteiger partial charge in [0.15, 0.2) is 0 Å². The molecule has 0 aliphatic heterocycles. The van der Waals surface area contributed by atoms with E-state index in [-0.39, 0.29) is 49.0 Å². The number of carboxylic acid groups (broad SMARTS) is 1. The minimum atomic E-state index is -1.23. The smallest absolute Gasteiger partial charge is 0.407 e. The zero-order valence-electron chi connectivity index (χ0n) is 27.9. The van der Waals surface area contributed by atoms with E-state index in [1.807, 2.05) is 48.5 Å². The van der Waals surface area contributed by atoms with E-state index in [0.717, 1.165) is 86.5 Å². The van der Waals surface area contributed by atoms with Crippen molar-refractivity contribution in [2.24, 2.45) is 0 Å². The molecule has 0 aromatic heterocycles. The first kappa shape index (κ1) is 37.9. The molecular formula is C37H51NO8S. The second kappa shape index (κ2) is 21.4. The SMILES string of the molecule is CCCCCCCC(=O)OC[C@H](CSC[C@H](NC(=O)OCC1c2ccccc2-c2ccccc21)C(=O)O)OC(=O)CCCCCCC. The van der Waals surface area contributed by atoms with Crippen molar-refractivity contribution in [3.05, 3.63) is 59.7 Å². The van der Waals surface area contributed by atoms with Crippen LogP contribution in [-0.4, -0.2) is 66.0 Å². The molecule has 0 saturated heterocycles. The number of thioether (sulfide) groups is 1. The van der Waals surface area contributed by atoms with Gasteiger partial charge in [-0.1, -0.05) is 114 Å². The van der Waals surface area contributed by atoms with Crippen LogP contribution in [0.2, 0.25) is 0 Å². The summed E-state index contributed by atoms with van der Waals surface area (Å²) >= 11 is 1.20. The number of unbranched alkanes of at least 4 members (excludes halogenated alkanes) is 8. The second-order valence-electron chi connectivity index (χ2n) is 12.0. The van der Waals surface area contributed by atoms with Crippen LogP contribution in [0.25, 0.3) is 11.1 Å². The molecule has 0 unspecified atom stereocenters. The lowest BCUT2D eigenvalue weighted by molar-refractivity contribution is -0.157. The first-order valence-corrected chi connectivity index (χ1v) is 18.3. The van der Waals surface area contributed by atoms with Crippen molar-refractivity contribution in [1.82, 2.24) is 5.32 Å². The highest BCUT2D eigenvalue weighted by molar-refractivity contribution is 7.99. The Hall–Kier alpha value is -3.53. The molecule has 2 aromatic rings. The van der Waals surface area contributed by atoms with Crippen molar-refractivity contribution in [2.75, 3.05) is 24.7 Å². The lowest BCUT2D eigenvalue weighted by atomic mass is 9.98. The molecule has 1 amide bonds. The molecular weight excluding hydrogens is 618 g/mol. The summed E-state index contributed by atoms with van der Waals surface area (Å²) in [5.41, 5.74) is 4.32. The highest BCUT2D eigenvalue weighted by atomic mass is 32.2. The quantitative estimate of drug-likeness (QED) is 0.0690. The fourth-order valence-electron chi connectivity index (χ4n) is 5.64. The minimum Gasteiger partial charge on any atom is -0.480 e. The van der Waals surface area contributed by atoms with Gasteiger partial charge in [0, 0.05) is 30.3 Å². The molecule has 2 N–H and O–H groups in total. The number of carboxylic acids is 1. The average Bonchev–Trinajstić information content (AvgIpc) is 3.38. The third-order valence-corrected chi connectivity index (χ3v) is 9.40. The van der Waals surface area contributed by atoms with Gasteiger partial charge in [-0.25, -0.2) is 9.59 Å². The molecule has 0 spiro atoms. The van der Waals surface area contributed by atoms with Crippen molar-refractivity contribution >= 4 is 35.8 Å². The number of hydrogen-bond acceptors (Lipinski definition) is 8. The number of fused-ring (bicyclic) bond motifs is 3. The predicted octanol–water partition coefficient (Wildman–Crippen LogP) is 7.89. The monoisotopic (exact) mass is 669 g/mol. The molecule has 2 aromatic carbocycles. The molecule has 47 heavy (non-hydrogen) atoms. The van der Waals surface area contributed by atoms with E-state index < -0.39 is 24.2 Å². The number of hydrogen-bond donors (Lipinski definition) is 2. The molecule has 0 heterocycles. The lowest BCUT2D eigenvalue weighted by Gasteiger charge is -2.20. The largest absolute Gasteiger partial charge is 0.480 e. The fraction of sp³-hybridized carbons (Fsp3) is 0.568. The van der Waals surface area contributed by atoms with Gasteiger partial charge in [-0.2, -0.15) is 11.8 Å². The molecule has 0 bridgehead atoms. The number of esters is 2. The highest BCUT2D eigenvalue weighted by Crippen LogP contribution is 2.44. The van der Waals surface area contributed by atoms with E-state index in [1.165, 1.54) is 11.8 Å². The van der Waals surface area contributed by atoms with Crippen LogP contribution >= 0.6 is 11.8 Å². The summed E-state index contributed by atoms with van der Waals surface area (Å²) in [6.45, 7) is 4.24. The molecule has 1 aliphatic rings. The Balaban J connectivity index is 1.49. The third-order valence-electron chi connectivity index (χ3n) is 8.22. The Kier molecular flexibility index (Phi) is 17.2. The number of ether oxygens (including phenoxy) is 3. The van der Waals surface area contributed by atoms with E-state index in [4.69, 9.17) is 14.2 Å². The molecule has 2 atom stereocenters. The molecule has 0 fully saturated rings. The van der Waals surface area contributed by atoms with Gasteiger partial charge < -0.3 is 24.6 Å². The Morgan fingerprint density at radius 3 is 1.87 bits per heavy atom. The maximum absolute atomic E-state index is 12.7. The van der Waals surface area contributed by atoms with Crippen molar-refractivity contribution in [2.45, 2.75) is 109 Å². The molecule has 3 rings (SSSR count). The lowest BCUT2D eigenvalue weighted by Crippen LogP contribution is -2.43. The van der Waals surface area contributed by atoms with Crippen LogP contribution in [0.15, 0.2) is 48.5 Å². The van der Waals surface area contributed by atoms with Crippen LogP contribution in [0.5, 0.6) is 0 Å². The summed E-state index contributed by atoms with van der Waals surface area (Å²) in [7, 11) is 0. The zero-order chi connectivity index (χ0) is 33.9. The number of aliphatic carboxylic acids is 1. The minimum absolute atomic E-state index is 0.00989. The summed E-state index contributed by atoms with van der Waals surface area (Å²) in [6.07, 6.45) is 9.04. The van der Waals surface area contributed by atoms with Gasteiger partial charge >= 0.3 is 24.0 Å². The number of amides is 1. The highest BCUT2D eigenvalue weighted by Gasteiger charge is 2.30. The number of alkyl carbamates (subject to hydrolysis) is 1. The standard InChI is InChI=1S/C37H51NO8S/c1-3-5-7-9-11-21-34(39)44-23-27(46-35(40)22-12-10-8-6-4-2)25-47-26-33(36(41)42)38-37(43)45-24-32-30-19-15-13-17-28(30)29-18-14-16-20-31(29)32/h13-20,27,32-33H,3-12,21-26H2,1-2H3,(H,38,43)(H,41,42)/t27-,33+/m1/s1. The van der Waals surface area contributed by atoms with Gasteiger partial charge in [0.2, 0.25) is 0 Å². The van der Waals surface area contributed by atoms with Gasteiger partial charge in [-0.05, 0) is 35.1 Å². The zero-order valence-corrected chi connectivity index (χ0v) is 28.7. The van der Waals surface area contributed by atoms with Gasteiger partial charge in [-0.15, -0.1) is 0 Å². The number of nitrogens with one attached hydrogen (secondary N) is 1. The molecule has 1 aliphatic carbocycles. The normalized spacial score (nSPS) is 13.2. The Labute approximate surface area is 283 Å². The van der Waals surface area contributed by atoms with Crippen molar-refractivity contribution in [3.8, 4) is 11.1 Å². The fourth-order valence-corrected chi connectivity index (χ4v) is 6.66. The van der Waals surface area contributed by atoms with Crippen molar-refractivity contribution < 1.29 is 38.5 Å². The Morgan fingerprint density at radius 2 is 1.30 bits per heavy atom. The molecule has 9 nitrogen and oxygen atoms in total. The Bertz CT molecular complexity index is 1240. The van der Waals surface area contributed by atoms with Gasteiger partial charge in [0.25, 0.3) is 0 Å². The number of benzene rings is 2. The van der Waals surface area contributed by atoms with E-state index in [1.54, 1.807) is 0 Å². The summed E-state index contributed by atoms with van der Waals surface area (Å²) in [6, 6.07) is 14.7. The average molecular weight is 670 g/mol. The third kappa shape index (κ3) is 13.2. The van der Waals surface area contributed by atoms with E-state index in [9.17, 15) is 24.3 Å². The first-order valence-electron chi connectivity index (χ1n) is 17.1. The first-order chi connectivity index (χ1) is 22.8. The van der Waals surface area contributed by atoms with Gasteiger partial charge in [0.05, 0.1) is 0 Å². The topological polar surface area (TPSA) is 128 Å². The van der Waals surface area contributed by atoms with Crippen LogP contribution in [0, 0.1) is 0 Å². The summed E-state index contributed by atoms with van der Waals surface area (Å²) in [4.78, 5) is 49.6. The maximum atomic E-state index is 12.7. The molecule has 10 heteroatoms. The molecule has 0 saturated carbocycles. The summed E-state index contributed by atoms with van der Waals surface area (Å²) in [5, 5.41) is 12.3. The molecule has 0 radical (unpaired) electrons. The van der Waals surface area contributed by atoms with Crippen LogP contribution in [-0.2, 0) is 28.6 Å². The number of rotatable bonds is 23. The maximum Gasteiger partial charge on any atom is 0.407 e. The van der Waals surface area contributed by atoms with Gasteiger partial charge in [-0.3, -0.25) is 9.59 Å². The van der Waals surface area contributed by atoms with E-state index in [2.05, 4.69) is 19.2 Å². The van der Waals surface area contributed by atoms with Crippen LogP contribution < -0.4 is 5.32 Å². The van der Waals surface area contributed by atoms with Crippen LogP contribution in [0.3, 0.4) is 0 Å². The number of carbonyl (C=O) groups is 4. The van der Waals surface area contributed by atoms with Gasteiger partial charge in [0.1, 0.15) is 25.4 Å². The number of carbonyl (C=O) groups excluding carboxylic acids is 3. The van der Waals surface area contributed by atoms with Crippen molar-refractivity contribution in [3.63, 3.8) is 0 Å². The predicted molar refractivity (Wildman–Crippen MR) is 185 cm³/mol. The summed E-state index contributed by atoms with van der Waals surface area (Å²) in [5.74, 6) is -1.84. The summed E-state index contributed by atoms with van der Waals surface area (Å²) < 4.78 is 16.6. The van der Waals surface area contributed by atoms with Crippen molar-refractivity contribution in [1.29, 1.82) is 0 Å². The van der Waals surface area contributed by atoms with E-state index in [0.29, 0.717) is 6.42 Å².